The largest absolute Gasteiger partial charge is 0.340 e. The van der Waals surface area contributed by atoms with Crippen molar-refractivity contribution in [1.29, 1.82) is 0 Å². The number of thioether (sulfide) groups is 1. The lowest BCUT2D eigenvalue weighted by Gasteiger charge is -2.26. The highest BCUT2D eigenvalue weighted by atomic mass is 32.2. The van der Waals surface area contributed by atoms with Crippen molar-refractivity contribution in [3.63, 3.8) is 0 Å². The molecular formula is C11H19N3O2S. The number of carbonyl (C=O) groups is 2. The molecule has 0 aromatic rings. The van der Waals surface area contributed by atoms with Crippen LogP contribution in [0.1, 0.15) is 19.8 Å². The van der Waals surface area contributed by atoms with E-state index in [1.54, 1.807) is 0 Å². The van der Waals surface area contributed by atoms with Gasteiger partial charge in [-0.05, 0) is 26.3 Å². The van der Waals surface area contributed by atoms with Crippen LogP contribution in [-0.4, -0.2) is 53.5 Å². The van der Waals surface area contributed by atoms with E-state index in [1.165, 1.54) is 18.2 Å². The third kappa shape index (κ3) is 3.13. The van der Waals surface area contributed by atoms with Crippen LogP contribution in [0.4, 0.5) is 4.79 Å². The van der Waals surface area contributed by atoms with Gasteiger partial charge in [0.05, 0.1) is 0 Å². The number of amides is 2. The van der Waals surface area contributed by atoms with Crippen molar-refractivity contribution in [3.8, 4) is 0 Å². The van der Waals surface area contributed by atoms with E-state index in [-0.39, 0.29) is 17.2 Å². The molecule has 2 aliphatic heterocycles. The van der Waals surface area contributed by atoms with E-state index in [2.05, 4.69) is 10.6 Å². The molecule has 0 aliphatic carbocycles. The van der Waals surface area contributed by atoms with E-state index in [4.69, 9.17) is 0 Å². The van der Waals surface area contributed by atoms with Crippen LogP contribution in [0.5, 0.6) is 0 Å². The molecule has 0 aromatic carbocycles. The van der Waals surface area contributed by atoms with Gasteiger partial charge in [-0.25, -0.2) is 0 Å². The highest BCUT2D eigenvalue weighted by Gasteiger charge is 2.32. The minimum atomic E-state index is -0.325. The highest BCUT2D eigenvalue weighted by molar-refractivity contribution is 8.14. The fraction of sp³-hybridized carbons (Fsp3) is 0.818. The summed E-state index contributed by atoms with van der Waals surface area (Å²) in [4.78, 5) is 25.1. The van der Waals surface area contributed by atoms with Crippen molar-refractivity contribution in [2.45, 2.75) is 31.8 Å². The standard InChI is InChI=1S/C11H19N3O2S/c1-2-14(6-8-4-3-5-12-8)10(15)9-7-17-11(16)13-9/h8-9,12H,2-7H2,1H3,(H,13,16). The predicted octanol–water partition coefficient (Wildman–Crippen LogP) is 0.412. The number of likely N-dealkylation sites (N-methyl/N-ethyl adjacent to an activating group) is 1. The van der Waals surface area contributed by atoms with Gasteiger partial charge in [0.2, 0.25) is 5.91 Å². The monoisotopic (exact) mass is 257 g/mol. The molecule has 2 heterocycles. The summed E-state index contributed by atoms with van der Waals surface area (Å²) in [5, 5.41) is 6.01. The number of rotatable bonds is 4. The summed E-state index contributed by atoms with van der Waals surface area (Å²) in [6.07, 6.45) is 2.32. The predicted molar refractivity (Wildman–Crippen MR) is 68.1 cm³/mol. The quantitative estimate of drug-likeness (QED) is 0.766. The Hall–Kier alpha value is -0.750. The van der Waals surface area contributed by atoms with Gasteiger partial charge in [0.25, 0.3) is 5.24 Å². The first kappa shape index (κ1) is 12.7. The third-order valence-corrected chi connectivity index (χ3v) is 4.15. The van der Waals surface area contributed by atoms with Gasteiger partial charge in [-0.1, -0.05) is 11.8 Å². The van der Waals surface area contributed by atoms with Gasteiger partial charge in [0.1, 0.15) is 6.04 Å². The Labute approximate surface area is 106 Å². The average molecular weight is 257 g/mol. The van der Waals surface area contributed by atoms with Gasteiger partial charge < -0.3 is 15.5 Å². The smallest absolute Gasteiger partial charge is 0.279 e. The molecule has 0 saturated carbocycles. The Morgan fingerprint density at radius 2 is 2.41 bits per heavy atom. The van der Waals surface area contributed by atoms with E-state index >= 15 is 0 Å². The molecule has 2 fully saturated rings. The number of nitrogens with zero attached hydrogens (tertiary/aromatic N) is 1. The fourth-order valence-corrected chi connectivity index (χ4v) is 3.06. The second-order valence-electron chi connectivity index (χ2n) is 4.47. The summed E-state index contributed by atoms with van der Waals surface area (Å²) in [5.74, 6) is 0.617. The summed E-state index contributed by atoms with van der Waals surface area (Å²) in [6.45, 7) is 4.49. The number of carbonyl (C=O) groups excluding carboxylic acids is 2. The third-order valence-electron chi connectivity index (χ3n) is 3.27. The van der Waals surface area contributed by atoms with Crippen molar-refractivity contribution in [1.82, 2.24) is 15.5 Å². The molecule has 2 aliphatic rings. The minimum Gasteiger partial charge on any atom is -0.340 e. The summed E-state index contributed by atoms with van der Waals surface area (Å²) < 4.78 is 0. The molecule has 0 aromatic heterocycles. The van der Waals surface area contributed by atoms with E-state index in [0.29, 0.717) is 18.3 Å². The number of nitrogens with one attached hydrogen (secondary N) is 2. The van der Waals surface area contributed by atoms with Crippen LogP contribution in [-0.2, 0) is 4.79 Å². The fourth-order valence-electron chi connectivity index (χ4n) is 2.29. The minimum absolute atomic E-state index is 0.0551. The Balaban J connectivity index is 1.88. The molecule has 0 radical (unpaired) electrons. The van der Waals surface area contributed by atoms with Crippen LogP contribution in [0, 0.1) is 0 Å². The first-order chi connectivity index (χ1) is 8.20. The van der Waals surface area contributed by atoms with Crippen molar-refractivity contribution in [2.75, 3.05) is 25.4 Å². The average Bonchev–Trinajstić information content (AvgIpc) is 2.96. The topological polar surface area (TPSA) is 61.4 Å². The molecule has 6 heteroatoms. The van der Waals surface area contributed by atoms with E-state index < -0.39 is 0 Å². The van der Waals surface area contributed by atoms with Crippen LogP contribution in [0.3, 0.4) is 0 Å². The van der Waals surface area contributed by atoms with Gasteiger partial charge in [-0.2, -0.15) is 0 Å². The van der Waals surface area contributed by atoms with E-state index in [0.717, 1.165) is 19.5 Å². The second-order valence-corrected chi connectivity index (χ2v) is 5.46. The van der Waals surface area contributed by atoms with Crippen LogP contribution in [0.25, 0.3) is 0 Å². The molecule has 2 atom stereocenters. The molecule has 96 valence electrons. The van der Waals surface area contributed by atoms with Gasteiger partial charge in [0, 0.05) is 24.9 Å². The molecule has 2 unspecified atom stereocenters. The Morgan fingerprint density at radius 3 is 2.94 bits per heavy atom. The molecule has 2 N–H and O–H groups in total. The van der Waals surface area contributed by atoms with Gasteiger partial charge in [0.15, 0.2) is 0 Å². The summed E-state index contributed by atoms with van der Waals surface area (Å²) in [5.41, 5.74) is 0. The van der Waals surface area contributed by atoms with Gasteiger partial charge >= 0.3 is 0 Å². The zero-order valence-electron chi connectivity index (χ0n) is 10.1. The maximum Gasteiger partial charge on any atom is 0.279 e. The molecule has 0 bridgehead atoms. The normalized spacial score (nSPS) is 28.2. The Bertz CT molecular complexity index is 305. The number of hydrogen-bond acceptors (Lipinski definition) is 4. The Morgan fingerprint density at radius 1 is 1.59 bits per heavy atom. The van der Waals surface area contributed by atoms with Gasteiger partial charge in [-0.15, -0.1) is 0 Å². The lowest BCUT2D eigenvalue weighted by Crippen LogP contribution is -2.49. The van der Waals surface area contributed by atoms with Crippen LogP contribution < -0.4 is 10.6 Å². The maximum atomic E-state index is 12.2. The van der Waals surface area contributed by atoms with Crippen LogP contribution >= 0.6 is 11.8 Å². The van der Waals surface area contributed by atoms with Crippen LogP contribution in [0.15, 0.2) is 0 Å². The highest BCUT2D eigenvalue weighted by Crippen LogP contribution is 2.16. The molecule has 2 amide bonds. The van der Waals surface area contributed by atoms with Crippen molar-refractivity contribution in [2.24, 2.45) is 0 Å². The van der Waals surface area contributed by atoms with Crippen molar-refractivity contribution >= 4 is 22.9 Å². The lowest BCUT2D eigenvalue weighted by molar-refractivity contribution is -0.132. The molecule has 2 rings (SSSR count). The summed E-state index contributed by atoms with van der Waals surface area (Å²) >= 11 is 1.19. The molecule has 2 saturated heterocycles. The number of hydrogen-bond donors (Lipinski definition) is 2. The molecule has 17 heavy (non-hydrogen) atoms. The van der Waals surface area contributed by atoms with E-state index in [9.17, 15) is 9.59 Å². The Kier molecular flexibility index (Phi) is 4.28. The zero-order valence-corrected chi connectivity index (χ0v) is 10.9. The molecule has 0 spiro atoms. The van der Waals surface area contributed by atoms with E-state index in [1.807, 2.05) is 11.8 Å². The van der Waals surface area contributed by atoms with Crippen LogP contribution in [0.2, 0.25) is 0 Å². The van der Waals surface area contributed by atoms with Crippen molar-refractivity contribution < 1.29 is 9.59 Å². The molecule has 5 nitrogen and oxygen atoms in total. The zero-order chi connectivity index (χ0) is 12.3. The first-order valence-corrected chi connectivity index (χ1v) is 7.14. The maximum absolute atomic E-state index is 12.2. The summed E-state index contributed by atoms with van der Waals surface area (Å²) in [6, 6.07) is 0.0949. The molecular weight excluding hydrogens is 238 g/mol. The van der Waals surface area contributed by atoms with Gasteiger partial charge in [-0.3, -0.25) is 9.59 Å². The first-order valence-electron chi connectivity index (χ1n) is 6.16. The lowest BCUT2D eigenvalue weighted by atomic mass is 10.2. The SMILES string of the molecule is CCN(CC1CCCN1)C(=O)C1CSC(=O)N1. The summed E-state index contributed by atoms with van der Waals surface area (Å²) in [7, 11) is 0. The second kappa shape index (κ2) is 5.73. The van der Waals surface area contributed by atoms with Crippen molar-refractivity contribution in [3.05, 3.63) is 0 Å².